The lowest BCUT2D eigenvalue weighted by molar-refractivity contribution is -0.0439. The minimum Gasteiger partial charge on any atom is -0.487 e. The van der Waals surface area contributed by atoms with Gasteiger partial charge >= 0.3 is 0 Å². The van der Waals surface area contributed by atoms with Gasteiger partial charge in [0.15, 0.2) is 0 Å². The molecule has 0 aliphatic carbocycles. The Morgan fingerprint density at radius 1 is 1.26 bits per heavy atom. The number of hydrogen-bond donors (Lipinski definition) is 0. The quantitative estimate of drug-likeness (QED) is 0.787. The number of fused-ring (bicyclic) bond motifs is 3. The van der Waals surface area contributed by atoms with E-state index in [2.05, 4.69) is 45.9 Å². The van der Waals surface area contributed by atoms with Gasteiger partial charge in [0.25, 0.3) is 0 Å². The van der Waals surface area contributed by atoms with Crippen molar-refractivity contribution in [3.05, 3.63) is 29.8 Å². The first kappa shape index (κ1) is 13.0. The number of rotatable bonds is 2. The molecular weight excluding hydrogens is 236 g/mol. The lowest BCUT2D eigenvalue weighted by atomic mass is 9.78. The second kappa shape index (κ2) is 4.52. The SMILES string of the molecule is CC(C)C[C@@H]1C[C@@H]2[C@H](O1)c1ccccc1OC2(C)C. The Labute approximate surface area is 116 Å². The molecule has 0 amide bonds. The van der Waals surface area contributed by atoms with Gasteiger partial charge in [-0.05, 0) is 38.7 Å². The van der Waals surface area contributed by atoms with Crippen molar-refractivity contribution in [1.29, 1.82) is 0 Å². The molecule has 104 valence electrons. The topological polar surface area (TPSA) is 18.5 Å². The molecule has 2 aliphatic heterocycles. The molecule has 2 heterocycles. The van der Waals surface area contributed by atoms with Crippen molar-refractivity contribution < 1.29 is 9.47 Å². The van der Waals surface area contributed by atoms with E-state index in [1.54, 1.807) is 0 Å². The second-order valence-electron chi connectivity index (χ2n) is 6.89. The molecule has 1 fully saturated rings. The van der Waals surface area contributed by atoms with Crippen LogP contribution >= 0.6 is 0 Å². The molecular formula is C17H24O2. The third-order valence-corrected chi connectivity index (χ3v) is 4.45. The maximum Gasteiger partial charge on any atom is 0.125 e. The van der Waals surface area contributed by atoms with Gasteiger partial charge in [-0.3, -0.25) is 0 Å². The summed E-state index contributed by atoms with van der Waals surface area (Å²) in [5, 5.41) is 0. The van der Waals surface area contributed by atoms with Crippen molar-refractivity contribution in [3.63, 3.8) is 0 Å². The molecule has 1 aromatic carbocycles. The van der Waals surface area contributed by atoms with Crippen molar-refractivity contribution in [2.75, 3.05) is 0 Å². The summed E-state index contributed by atoms with van der Waals surface area (Å²) in [6, 6.07) is 8.33. The van der Waals surface area contributed by atoms with Crippen LogP contribution < -0.4 is 4.74 Å². The molecule has 2 heteroatoms. The van der Waals surface area contributed by atoms with Gasteiger partial charge in [0.1, 0.15) is 11.4 Å². The van der Waals surface area contributed by atoms with Crippen LogP contribution in [0.4, 0.5) is 0 Å². The highest BCUT2D eigenvalue weighted by molar-refractivity contribution is 5.39. The molecule has 0 spiro atoms. The zero-order valence-corrected chi connectivity index (χ0v) is 12.3. The zero-order valence-electron chi connectivity index (χ0n) is 12.3. The van der Waals surface area contributed by atoms with Gasteiger partial charge in [0, 0.05) is 11.5 Å². The monoisotopic (exact) mass is 260 g/mol. The molecule has 0 aromatic heterocycles. The Morgan fingerprint density at radius 2 is 2.00 bits per heavy atom. The Morgan fingerprint density at radius 3 is 2.74 bits per heavy atom. The summed E-state index contributed by atoms with van der Waals surface area (Å²) in [6.45, 7) is 8.92. The van der Waals surface area contributed by atoms with Gasteiger partial charge in [0.2, 0.25) is 0 Å². The first-order chi connectivity index (χ1) is 8.97. The molecule has 3 atom stereocenters. The fourth-order valence-electron chi connectivity index (χ4n) is 3.55. The van der Waals surface area contributed by atoms with Crippen LogP contribution in [-0.2, 0) is 4.74 Å². The molecule has 0 unspecified atom stereocenters. The van der Waals surface area contributed by atoms with Crippen molar-refractivity contribution in [2.45, 2.75) is 58.3 Å². The summed E-state index contributed by atoms with van der Waals surface area (Å²) >= 11 is 0. The van der Waals surface area contributed by atoms with Gasteiger partial charge in [0.05, 0.1) is 12.2 Å². The molecule has 0 radical (unpaired) electrons. The fraction of sp³-hybridized carbons (Fsp3) is 0.647. The van der Waals surface area contributed by atoms with Crippen LogP contribution in [0.25, 0.3) is 0 Å². The maximum absolute atomic E-state index is 6.36. The van der Waals surface area contributed by atoms with E-state index < -0.39 is 0 Å². The largest absolute Gasteiger partial charge is 0.487 e. The first-order valence-corrected chi connectivity index (χ1v) is 7.41. The number of para-hydroxylation sites is 1. The third kappa shape index (κ3) is 2.27. The molecule has 0 saturated carbocycles. The molecule has 2 nitrogen and oxygen atoms in total. The smallest absolute Gasteiger partial charge is 0.125 e. The van der Waals surface area contributed by atoms with Gasteiger partial charge in [-0.15, -0.1) is 0 Å². The lowest BCUT2D eigenvalue weighted by Gasteiger charge is -2.40. The molecule has 0 N–H and O–H groups in total. The van der Waals surface area contributed by atoms with Crippen molar-refractivity contribution in [3.8, 4) is 5.75 Å². The highest BCUT2D eigenvalue weighted by Gasteiger charge is 2.49. The summed E-state index contributed by atoms with van der Waals surface area (Å²) in [4.78, 5) is 0. The van der Waals surface area contributed by atoms with E-state index in [-0.39, 0.29) is 11.7 Å². The number of benzene rings is 1. The average Bonchev–Trinajstić information content (AvgIpc) is 2.72. The van der Waals surface area contributed by atoms with Gasteiger partial charge < -0.3 is 9.47 Å². The summed E-state index contributed by atoms with van der Waals surface area (Å²) in [7, 11) is 0. The Hall–Kier alpha value is -1.02. The highest BCUT2D eigenvalue weighted by Crippen LogP contribution is 2.52. The molecule has 19 heavy (non-hydrogen) atoms. The average molecular weight is 260 g/mol. The van der Waals surface area contributed by atoms with Crippen LogP contribution in [0.2, 0.25) is 0 Å². The summed E-state index contributed by atoms with van der Waals surface area (Å²) in [5.74, 6) is 2.15. The fourth-order valence-corrected chi connectivity index (χ4v) is 3.55. The molecule has 2 aliphatic rings. The van der Waals surface area contributed by atoms with E-state index in [4.69, 9.17) is 9.47 Å². The summed E-state index contributed by atoms with van der Waals surface area (Å²) < 4.78 is 12.6. The molecule has 0 bridgehead atoms. The third-order valence-electron chi connectivity index (χ3n) is 4.45. The van der Waals surface area contributed by atoms with E-state index in [1.165, 1.54) is 5.56 Å². The van der Waals surface area contributed by atoms with Crippen LogP contribution in [0.5, 0.6) is 5.75 Å². The van der Waals surface area contributed by atoms with E-state index in [9.17, 15) is 0 Å². The minimum atomic E-state index is -0.134. The van der Waals surface area contributed by atoms with Crippen molar-refractivity contribution in [2.24, 2.45) is 11.8 Å². The first-order valence-electron chi connectivity index (χ1n) is 7.41. The van der Waals surface area contributed by atoms with Gasteiger partial charge in [-0.1, -0.05) is 32.0 Å². The molecule has 3 rings (SSSR count). The highest BCUT2D eigenvalue weighted by atomic mass is 16.5. The summed E-state index contributed by atoms with van der Waals surface area (Å²) in [5.41, 5.74) is 1.10. The van der Waals surface area contributed by atoms with Crippen LogP contribution in [0.1, 0.15) is 52.2 Å². The minimum absolute atomic E-state index is 0.134. The predicted molar refractivity (Wildman–Crippen MR) is 76.3 cm³/mol. The van der Waals surface area contributed by atoms with Gasteiger partial charge in [-0.25, -0.2) is 0 Å². The second-order valence-corrected chi connectivity index (χ2v) is 6.89. The van der Waals surface area contributed by atoms with E-state index in [0.717, 1.165) is 18.6 Å². The number of hydrogen-bond acceptors (Lipinski definition) is 2. The standard InChI is InChI=1S/C17H24O2/c1-11(2)9-12-10-14-16(18-12)13-7-5-6-8-15(13)19-17(14,3)4/h5-8,11-12,14,16H,9-10H2,1-4H3/t12-,14-,16-/m1/s1. The van der Waals surface area contributed by atoms with Crippen molar-refractivity contribution >= 4 is 0 Å². The maximum atomic E-state index is 6.36. The van der Waals surface area contributed by atoms with Crippen molar-refractivity contribution in [1.82, 2.24) is 0 Å². The van der Waals surface area contributed by atoms with E-state index >= 15 is 0 Å². The normalized spacial score (nSPS) is 31.7. The summed E-state index contributed by atoms with van der Waals surface area (Å²) in [6.07, 6.45) is 2.85. The van der Waals surface area contributed by atoms with Gasteiger partial charge in [-0.2, -0.15) is 0 Å². The van der Waals surface area contributed by atoms with E-state index in [1.807, 2.05) is 6.07 Å². The molecule has 1 saturated heterocycles. The number of ether oxygens (including phenoxy) is 2. The Balaban J connectivity index is 1.91. The lowest BCUT2D eigenvalue weighted by Crippen LogP contribution is -2.42. The van der Waals surface area contributed by atoms with E-state index in [0.29, 0.717) is 17.9 Å². The Bertz CT molecular complexity index is 464. The van der Waals surface area contributed by atoms with Crippen LogP contribution in [-0.4, -0.2) is 11.7 Å². The Kier molecular flexibility index (Phi) is 3.09. The van der Waals surface area contributed by atoms with Crippen LogP contribution in [0.3, 0.4) is 0 Å². The van der Waals surface area contributed by atoms with Crippen LogP contribution in [0.15, 0.2) is 24.3 Å². The van der Waals surface area contributed by atoms with Crippen LogP contribution in [0, 0.1) is 11.8 Å². The molecule has 1 aromatic rings. The zero-order chi connectivity index (χ0) is 13.6. The predicted octanol–water partition coefficient (Wildman–Crippen LogP) is 4.35.